The first kappa shape index (κ1) is 14.4. The lowest BCUT2D eigenvalue weighted by atomic mass is 10.1. The molecule has 0 saturated heterocycles. The summed E-state index contributed by atoms with van der Waals surface area (Å²) in [5.74, 6) is 1.57. The maximum Gasteiger partial charge on any atom is 0.131 e. The lowest BCUT2D eigenvalue weighted by molar-refractivity contribution is 0.473. The van der Waals surface area contributed by atoms with Crippen molar-refractivity contribution in [2.45, 2.75) is 19.4 Å². The highest BCUT2D eigenvalue weighted by Gasteiger charge is 2.08. The molecular weight excluding hydrogens is 326 g/mol. The molecule has 0 heterocycles. The molecule has 0 aliphatic rings. The third-order valence-corrected chi connectivity index (χ3v) is 3.36. The van der Waals surface area contributed by atoms with Crippen molar-refractivity contribution < 1.29 is 4.74 Å². The van der Waals surface area contributed by atoms with E-state index in [-0.39, 0.29) is 6.04 Å². The van der Waals surface area contributed by atoms with Crippen molar-refractivity contribution in [1.29, 1.82) is 0 Å². The lowest BCUT2D eigenvalue weighted by Gasteiger charge is -2.13. The molecule has 2 aromatic carbocycles. The van der Waals surface area contributed by atoms with Gasteiger partial charge < -0.3 is 10.5 Å². The van der Waals surface area contributed by atoms with Crippen LogP contribution in [-0.2, 0) is 6.42 Å². The van der Waals surface area contributed by atoms with Crippen LogP contribution in [0.15, 0.2) is 46.9 Å². The van der Waals surface area contributed by atoms with Crippen LogP contribution in [0, 0.1) is 0 Å². The third-order valence-electron chi connectivity index (χ3n) is 2.61. The number of ether oxygens (including phenoxy) is 1. The van der Waals surface area contributed by atoms with Crippen LogP contribution < -0.4 is 10.5 Å². The fourth-order valence-electron chi connectivity index (χ4n) is 1.77. The lowest BCUT2D eigenvalue weighted by Crippen LogP contribution is -2.18. The number of hydrogen-bond acceptors (Lipinski definition) is 2. The summed E-state index contributed by atoms with van der Waals surface area (Å²) in [5, 5.41) is 0.692. The second-order valence-corrected chi connectivity index (χ2v) is 5.84. The van der Waals surface area contributed by atoms with Crippen molar-refractivity contribution in [3.05, 3.63) is 57.5 Å². The predicted octanol–water partition coefficient (Wildman–Crippen LogP) is 4.78. The van der Waals surface area contributed by atoms with E-state index >= 15 is 0 Å². The molecule has 2 nitrogen and oxygen atoms in total. The molecule has 0 aliphatic heterocycles. The Bertz CT molecular complexity index is 555. The van der Waals surface area contributed by atoms with Crippen LogP contribution in [0.4, 0.5) is 0 Å². The largest absolute Gasteiger partial charge is 0.457 e. The highest BCUT2D eigenvalue weighted by Crippen LogP contribution is 2.30. The number of halogens is 2. The average Bonchev–Trinajstić information content (AvgIpc) is 2.35. The summed E-state index contributed by atoms with van der Waals surface area (Å²) in [6.07, 6.45) is 0.774. The quantitative estimate of drug-likeness (QED) is 0.869. The molecule has 19 heavy (non-hydrogen) atoms. The summed E-state index contributed by atoms with van der Waals surface area (Å²) in [4.78, 5) is 0. The van der Waals surface area contributed by atoms with Crippen molar-refractivity contribution in [2.75, 3.05) is 0 Å². The van der Waals surface area contributed by atoms with Crippen LogP contribution in [-0.4, -0.2) is 6.04 Å². The smallest absolute Gasteiger partial charge is 0.131 e. The fraction of sp³-hybridized carbons (Fsp3) is 0.200. The van der Waals surface area contributed by atoms with Crippen molar-refractivity contribution in [1.82, 2.24) is 0 Å². The van der Waals surface area contributed by atoms with E-state index in [1.165, 1.54) is 0 Å². The van der Waals surface area contributed by atoms with Gasteiger partial charge in [-0.1, -0.05) is 33.6 Å². The minimum Gasteiger partial charge on any atom is -0.457 e. The number of nitrogens with two attached hydrogens (primary N) is 1. The van der Waals surface area contributed by atoms with Crippen LogP contribution in [0.2, 0.25) is 5.02 Å². The van der Waals surface area contributed by atoms with Gasteiger partial charge in [0.05, 0.1) is 0 Å². The summed E-state index contributed by atoms with van der Waals surface area (Å²) < 4.78 is 6.88. The minimum absolute atomic E-state index is 0.0914. The average molecular weight is 341 g/mol. The SMILES string of the molecule is CC(N)Cc1ccc(Br)cc1Oc1ccc(Cl)cc1. The molecule has 2 rings (SSSR count). The Morgan fingerprint density at radius 1 is 1.21 bits per heavy atom. The van der Waals surface area contributed by atoms with Gasteiger partial charge >= 0.3 is 0 Å². The summed E-state index contributed by atoms with van der Waals surface area (Å²) in [5.41, 5.74) is 6.95. The van der Waals surface area contributed by atoms with E-state index < -0.39 is 0 Å². The van der Waals surface area contributed by atoms with Gasteiger partial charge in [-0.05, 0) is 55.3 Å². The molecule has 4 heteroatoms. The van der Waals surface area contributed by atoms with Crippen LogP contribution in [0.3, 0.4) is 0 Å². The Kier molecular flexibility index (Phi) is 4.86. The first-order valence-corrected chi connectivity index (χ1v) is 7.19. The molecule has 0 amide bonds. The second-order valence-electron chi connectivity index (χ2n) is 4.49. The van der Waals surface area contributed by atoms with Crippen LogP contribution in [0.25, 0.3) is 0 Å². The topological polar surface area (TPSA) is 35.2 Å². The monoisotopic (exact) mass is 339 g/mol. The molecule has 0 aliphatic carbocycles. The molecule has 2 aromatic rings. The fourth-order valence-corrected chi connectivity index (χ4v) is 2.23. The Morgan fingerprint density at radius 2 is 1.89 bits per heavy atom. The zero-order valence-electron chi connectivity index (χ0n) is 10.6. The summed E-state index contributed by atoms with van der Waals surface area (Å²) in [6.45, 7) is 1.98. The van der Waals surface area contributed by atoms with Crippen molar-refractivity contribution >= 4 is 27.5 Å². The Hall–Kier alpha value is -1.03. The number of benzene rings is 2. The van der Waals surface area contributed by atoms with Crippen LogP contribution in [0.5, 0.6) is 11.5 Å². The second kappa shape index (κ2) is 6.42. The third kappa shape index (κ3) is 4.23. The van der Waals surface area contributed by atoms with Gasteiger partial charge in [-0.3, -0.25) is 0 Å². The van der Waals surface area contributed by atoms with E-state index in [9.17, 15) is 0 Å². The molecule has 100 valence electrons. The van der Waals surface area contributed by atoms with Gasteiger partial charge in [0, 0.05) is 15.5 Å². The van der Waals surface area contributed by atoms with E-state index in [0.717, 1.165) is 28.0 Å². The van der Waals surface area contributed by atoms with Crippen molar-refractivity contribution in [3.8, 4) is 11.5 Å². The molecule has 0 fully saturated rings. The molecular formula is C15H15BrClNO. The molecule has 1 atom stereocenters. The normalized spacial score (nSPS) is 12.2. The minimum atomic E-state index is 0.0914. The summed E-state index contributed by atoms with van der Waals surface area (Å²) >= 11 is 9.32. The van der Waals surface area contributed by atoms with Gasteiger partial charge in [0.15, 0.2) is 0 Å². The van der Waals surface area contributed by atoms with E-state index in [1.807, 2.05) is 37.3 Å². The molecule has 0 spiro atoms. The zero-order valence-corrected chi connectivity index (χ0v) is 12.9. The van der Waals surface area contributed by atoms with Gasteiger partial charge in [-0.2, -0.15) is 0 Å². The maximum atomic E-state index is 5.90. The van der Waals surface area contributed by atoms with Crippen LogP contribution in [0.1, 0.15) is 12.5 Å². The molecule has 0 aromatic heterocycles. The van der Waals surface area contributed by atoms with Gasteiger partial charge in [0.2, 0.25) is 0 Å². The number of hydrogen-bond donors (Lipinski definition) is 1. The van der Waals surface area contributed by atoms with E-state index in [0.29, 0.717) is 5.02 Å². The van der Waals surface area contributed by atoms with Crippen molar-refractivity contribution in [2.24, 2.45) is 5.73 Å². The molecule has 2 N–H and O–H groups in total. The maximum absolute atomic E-state index is 5.90. The van der Waals surface area contributed by atoms with E-state index in [2.05, 4.69) is 15.9 Å². The summed E-state index contributed by atoms with van der Waals surface area (Å²) in [7, 11) is 0. The van der Waals surface area contributed by atoms with Crippen molar-refractivity contribution in [3.63, 3.8) is 0 Å². The first-order valence-electron chi connectivity index (χ1n) is 6.02. The molecule has 1 unspecified atom stereocenters. The highest BCUT2D eigenvalue weighted by molar-refractivity contribution is 9.10. The standard InChI is InChI=1S/C15H15BrClNO/c1-10(18)8-11-2-3-12(16)9-15(11)19-14-6-4-13(17)5-7-14/h2-7,9-10H,8,18H2,1H3. The Morgan fingerprint density at radius 3 is 2.53 bits per heavy atom. The van der Waals surface area contributed by atoms with E-state index in [4.69, 9.17) is 22.1 Å². The Labute approximate surface area is 126 Å². The van der Waals surface area contributed by atoms with Gasteiger partial charge in [0.25, 0.3) is 0 Å². The predicted molar refractivity (Wildman–Crippen MR) is 83.0 cm³/mol. The van der Waals surface area contributed by atoms with Gasteiger partial charge in [-0.15, -0.1) is 0 Å². The van der Waals surface area contributed by atoms with Gasteiger partial charge in [0.1, 0.15) is 11.5 Å². The summed E-state index contributed by atoms with van der Waals surface area (Å²) in [6, 6.07) is 13.4. The molecule has 0 saturated carbocycles. The van der Waals surface area contributed by atoms with E-state index in [1.54, 1.807) is 12.1 Å². The molecule has 0 radical (unpaired) electrons. The zero-order chi connectivity index (χ0) is 13.8. The van der Waals surface area contributed by atoms with Gasteiger partial charge in [-0.25, -0.2) is 0 Å². The molecule has 0 bridgehead atoms. The van der Waals surface area contributed by atoms with Crippen LogP contribution >= 0.6 is 27.5 Å². The Balaban J connectivity index is 2.27. The first-order chi connectivity index (χ1) is 9.04. The highest BCUT2D eigenvalue weighted by atomic mass is 79.9. The number of rotatable bonds is 4.